The van der Waals surface area contributed by atoms with E-state index in [1.807, 2.05) is 18.0 Å². The monoisotopic (exact) mass is 283 g/mol. The topological polar surface area (TPSA) is 29.9 Å². The zero-order chi connectivity index (χ0) is 14.3. The minimum absolute atomic E-state index is 0.307. The van der Waals surface area contributed by atoms with Crippen molar-refractivity contribution in [1.82, 2.24) is 15.1 Å². The highest BCUT2D eigenvalue weighted by Gasteiger charge is 2.19. The molecule has 1 heterocycles. The Morgan fingerprint density at radius 2 is 2.05 bits per heavy atom. The van der Waals surface area contributed by atoms with Gasteiger partial charge in [-0.2, -0.15) is 16.9 Å². The summed E-state index contributed by atoms with van der Waals surface area (Å²) in [6.07, 6.45) is 4.22. The van der Waals surface area contributed by atoms with Crippen LogP contribution in [0.25, 0.3) is 0 Å². The van der Waals surface area contributed by atoms with Crippen LogP contribution in [-0.2, 0) is 6.54 Å². The second-order valence-electron chi connectivity index (χ2n) is 5.91. The Hall–Kier alpha value is -0.480. The molecule has 4 heteroatoms. The molecule has 110 valence electrons. The van der Waals surface area contributed by atoms with E-state index >= 15 is 0 Å². The first-order valence-corrected chi connectivity index (χ1v) is 8.35. The number of aromatic nitrogens is 2. The number of hydrogen-bond donors (Lipinski definition) is 1. The predicted octanol–water partition coefficient (Wildman–Crippen LogP) is 3.87. The summed E-state index contributed by atoms with van der Waals surface area (Å²) in [5.74, 6) is 1.10. The summed E-state index contributed by atoms with van der Waals surface area (Å²) in [4.78, 5) is 0. The van der Waals surface area contributed by atoms with E-state index < -0.39 is 0 Å². The molecule has 1 aromatic heterocycles. The normalized spacial score (nSPS) is 13.7. The summed E-state index contributed by atoms with van der Waals surface area (Å²) in [5, 5.41) is 8.11. The van der Waals surface area contributed by atoms with Gasteiger partial charge in [-0.3, -0.25) is 4.68 Å². The standard InChI is InChI=1S/C15H29N3S/c1-6-9-16-13(12-19-15(3,4)5)14-8-10-17-18(14)11-7-2/h8,10,13,16H,6-7,9,11-12H2,1-5H3. The summed E-state index contributed by atoms with van der Waals surface area (Å²) in [6.45, 7) is 13.3. The molecule has 0 saturated carbocycles. The van der Waals surface area contributed by atoms with Gasteiger partial charge in [0.1, 0.15) is 0 Å². The number of nitrogens with one attached hydrogen (secondary N) is 1. The lowest BCUT2D eigenvalue weighted by Gasteiger charge is -2.24. The van der Waals surface area contributed by atoms with E-state index in [0.717, 1.165) is 25.3 Å². The zero-order valence-electron chi connectivity index (χ0n) is 13.1. The van der Waals surface area contributed by atoms with Crippen LogP contribution in [0.4, 0.5) is 0 Å². The van der Waals surface area contributed by atoms with Gasteiger partial charge in [0.25, 0.3) is 0 Å². The van der Waals surface area contributed by atoms with E-state index in [9.17, 15) is 0 Å². The Labute approximate surface area is 122 Å². The smallest absolute Gasteiger partial charge is 0.0584 e. The molecule has 1 unspecified atom stereocenters. The highest BCUT2D eigenvalue weighted by molar-refractivity contribution is 8.00. The molecule has 0 spiro atoms. The Morgan fingerprint density at radius 1 is 1.32 bits per heavy atom. The summed E-state index contributed by atoms with van der Waals surface area (Å²) in [5.41, 5.74) is 1.33. The molecular weight excluding hydrogens is 254 g/mol. The van der Waals surface area contributed by atoms with Crippen LogP contribution in [0.15, 0.2) is 12.3 Å². The average molecular weight is 283 g/mol. The number of thioether (sulfide) groups is 1. The second kappa shape index (κ2) is 7.95. The SMILES string of the molecule is CCCNC(CSC(C)(C)C)c1ccnn1CCC. The van der Waals surface area contributed by atoms with Crippen LogP contribution in [0.3, 0.4) is 0 Å². The van der Waals surface area contributed by atoms with Gasteiger partial charge in [0.05, 0.1) is 11.7 Å². The highest BCUT2D eigenvalue weighted by atomic mass is 32.2. The van der Waals surface area contributed by atoms with Crippen molar-refractivity contribution in [2.24, 2.45) is 0 Å². The van der Waals surface area contributed by atoms with E-state index in [2.05, 4.69) is 55.8 Å². The maximum Gasteiger partial charge on any atom is 0.0584 e. The van der Waals surface area contributed by atoms with Crippen LogP contribution in [-0.4, -0.2) is 26.8 Å². The van der Waals surface area contributed by atoms with E-state index in [-0.39, 0.29) is 0 Å². The third kappa shape index (κ3) is 6.00. The van der Waals surface area contributed by atoms with Gasteiger partial charge in [-0.05, 0) is 25.5 Å². The fourth-order valence-corrected chi connectivity index (χ4v) is 2.89. The molecule has 0 aliphatic carbocycles. The van der Waals surface area contributed by atoms with E-state index in [1.54, 1.807) is 0 Å². The van der Waals surface area contributed by atoms with Crippen molar-refractivity contribution in [3.05, 3.63) is 18.0 Å². The molecule has 3 nitrogen and oxygen atoms in total. The van der Waals surface area contributed by atoms with Crippen LogP contribution in [0.5, 0.6) is 0 Å². The van der Waals surface area contributed by atoms with Gasteiger partial charge in [-0.25, -0.2) is 0 Å². The Bertz CT molecular complexity index is 355. The van der Waals surface area contributed by atoms with Crippen molar-refractivity contribution in [3.8, 4) is 0 Å². The molecular formula is C15H29N3S. The molecule has 1 N–H and O–H groups in total. The summed E-state index contributed by atoms with van der Waals surface area (Å²) in [7, 11) is 0. The van der Waals surface area contributed by atoms with Gasteiger partial charge < -0.3 is 5.32 Å². The number of rotatable bonds is 8. The molecule has 1 atom stereocenters. The fraction of sp³-hybridized carbons (Fsp3) is 0.800. The van der Waals surface area contributed by atoms with Crippen molar-refractivity contribution < 1.29 is 0 Å². The van der Waals surface area contributed by atoms with Crippen LogP contribution in [0, 0.1) is 0 Å². The minimum Gasteiger partial charge on any atom is -0.308 e. The maximum atomic E-state index is 4.45. The van der Waals surface area contributed by atoms with E-state index in [1.165, 1.54) is 12.1 Å². The van der Waals surface area contributed by atoms with Gasteiger partial charge in [-0.1, -0.05) is 34.6 Å². The molecule has 19 heavy (non-hydrogen) atoms. The lowest BCUT2D eigenvalue weighted by molar-refractivity contribution is 0.498. The van der Waals surface area contributed by atoms with E-state index in [4.69, 9.17) is 0 Å². The van der Waals surface area contributed by atoms with Crippen LogP contribution in [0.1, 0.15) is 59.2 Å². The quantitative estimate of drug-likeness (QED) is 0.785. The summed E-state index contributed by atoms with van der Waals surface area (Å²) in [6, 6.07) is 2.56. The van der Waals surface area contributed by atoms with E-state index in [0.29, 0.717) is 10.8 Å². The number of nitrogens with zero attached hydrogens (tertiary/aromatic N) is 2. The third-order valence-electron chi connectivity index (χ3n) is 2.87. The molecule has 0 aliphatic rings. The fourth-order valence-electron chi connectivity index (χ4n) is 1.94. The molecule has 0 saturated heterocycles. The van der Waals surface area contributed by atoms with Crippen LogP contribution >= 0.6 is 11.8 Å². The van der Waals surface area contributed by atoms with Crippen LogP contribution in [0.2, 0.25) is 0 Å². The molecule has 0 fully saturated rings. The maximum absolute atomic E-state index is 4.45. The Balaban J connectivity index is 2.74. The minimum atomic E-state index is 0.307. The lowest BCUT2D eigenvalue weighted by atomic mass is 10.2. The first-order valence-electron chi connectivity index (χ1n) is 7.37. The third-order valence-corrected chi connectivity index (χ3v) is 4.23. The van der Waals surface area contributed by atoms with Crippen molar-refractivity contribution in [3.63, 3.8) is 0 Å². The number of aryl methyl sites for hydroxylation is 1. The molecule has 0 aliphatic heterocycles. The summed E-state index contributed by atoms with van der Waals surface area (Å²) < 4.78 is 2.46. The average Bonchev–Trinajstić information content (AvgIpc) is 2.77. The molecule has 1 rings (SSSR count). The van der Waals surface area contributed by atoms with Crippen molar-refractivity contribution in [1.29, 1.82) is 0 Å². The predicted molar refractivity (Wildman–Crippen MR) is 85.8 cm³/mol. The molecule has 1 aromatic rings. The van der Waals surface area contributed by atoms with Gasteiger partial charge in [0.15, 0.2) is 0 Å². The van der Waals surface area contributed by atoms with Gasteiger partial charge >= 0.3 is 0 Å². The molecule has 0 amide bonds. The zero-order valence-corrected chi connectivity index (χ0v) is 13.9. The number of hydrogen-bond acceptors (Lipinski definition) is 3. The Morgan fingerprint density at radius 3 is 2.63 bits per heavy atom. The van der Waals surface area contributed by atoms with Crippen molar-refractivity contribution in [2.75, 3.05) is 12.3 Å². The Kier molecular flexibility index (Phi) is 6.94. The first-order chi connectivity index (χ1) is 8.98. The van der Waals surface area contributed by atoms with Gasteiger partial charge in [0.2, 0.25) is 0 Å². The van der Waals surface area contributed by atoms with Crippen LogP contribution < -0.4 is 5.32 Å². The highest BCUT2D eigenvalue weighted by Crippen LogP contribution is 2.28. The van der Waals surface area contributed by atoms with Gasteiger partial charge in [-0.15, -0.1) is 0 Å². The molecule has 0 aromatic carbocycles. The van der Waals surface area contributed by atoms with Gasteiger partial charge in [0, 0.05) is 23.2 Å². The van der Waals surface area contributed by atoms with Crippen molar-refractivity contribution in [2.45, 2.75) is 64.8 Å². The second-order valence-corrected chi connectivity index (χ2v) is 7.76. The first kappa shape index (κ1) is 16.6. The molecule has 0 radical (unpaired) electrons. The van der Waals surface area contributed by atoms with Crippen molar-refractivity contribution >= 4 is 11.8 Å². The summed E-state index contributed by atoms with van der Waals surface area (Å²) >= 11 is 2.01. The molecule has 0 bridgehead atoms. The largest absolute Gasteiger partial charge is 0.308 e. The lowest BCUT2D eigenvalue weighted by Crippen LogP contribution is -2.28.